The molecule has 0 fully saturated rings. The predicted molar refractivity (Wildman–Crippen MR) is 55.7 cm³/mol. The van der Waals surface area contributed by atoms with Crippen LogP contribution >= 0.6 is 11.6 Å². The maximum Gasteiger partial charge on any atom is 0.126 e. The Labute approximate surface area is 88.5 Å². The first-order chi connectivity index (χ1) is 6.48. The first kappa shape index (κ1) is 9.81. The van der Waals surface area contributed by atoms with Crippen LogP contribution < -0.4 is 4.74 Å². The third kappa shape index (κ3) is 1.72. The van der Waals surface area contributed by atoms with Crippen molar-refractivity contribution in [3.8, 4) is 5.75 Å². The van der Waals surface area contributed by atoms with Crippen molar-refractivity contribution in [3.05, 3.63) is 28.8 Å². The summed E-state index contributed by atoms with van der Waals surface area (Å²) in [5.41, 5.74) is 0.483. The Hall–Kier alpha value is -0.730. The zero-order valence-electron chi connectivity index (χ0n) is 8.25. The smallest absolute Gasteiger partial charge is 0.126 e. The summed E-state index contributed by atoms with van der Waals surface area (Å²) in [6.45, 7) is 3.93. The molecule has 1 aliphatic rings. The van der Waals surface area contributed by atoms with Crippen LogP contribution in [0, 0.1) is 0 Å². The Bertz CT molecular complexity index is 360. The molecule has 1 atom stereocenters. The molecule has 0 spiro atoms. The van der Waals surface area contributed by atoms with Gasteiger partial charge in [0.05, 0.1) is 6.10 Å². The second-order valence-electron chi connectivity index (χ2n) is 4.26. The molecule has 1 aromatic carbocycles. The van der Waals surface area contributed by atoms with Gasteiger partial charge in [-0.3, -0.25) is 0 Å². The van der Waals surface area contributed by atoms with Crippen LogP contribution in [0.1, 0.15) is 31.9 Å². The highest BCUT2D eigenvalue weighted by atomic mass is 35.5. The van der Waals surface area contributed by atoms with Crippen molar-refractivity contribution < 1.29 is 9.84 Å². The van der Waals surface area contributed by atoms with Gasteiger partial charge in [0.15, 0.2) is 0 Å². The number of hydrogen-bond acceptors (Lipinski definition) is 2. The monoisotopic (exact) mass is 212 g/mol. The summed E-state index contributed by atoms with van der Waals surface area (Å²) in [6.07, 6.45) is 0.118. The minimum atomic E-state index is -0.479. The van der Waals surface area contributed by atoms with Crippen LogP contribution in [-0.4, -0.2) is 10.7 Å². The van der Waals surface area contributed by atoms with E-state index in [2.05, 4.69) is 0 Å². The molecule has 0 aromatic heterocycles. The minimum Gasteiger partial charge on any atom is -0.487 e. The van der Waals surface area contributed by atoms with E-state index in [0.29, 0.717) is 11.4 Å². The maximum absolute atomic E-state index is 9.88. The SMILES string of the molecule is CC1(C)C[C@H](O)c2cc(Cl)ccc2O1. The fourth-order valence-corrected chi connectivity index (χ4v) is 1.97. The molecule has 0 unspecified atom stereocenters. The Morgan fingerprint density at radius 2 is 2.21 bits per heavy atom. The average Bonchev–Trinajstić information content (AvgIpc) is 2.05. The van der Waals surface area contributed by atoms with Crippen molar-refractivity contribution in [1.29, 1.82) is 0 Å². The van der Waals surface area contributed by atoms with E-state index in [-0.39, 0.29) is 5.60 Å². The van der Waals surface area contributed by atoms with Gasteiger partial charge in [0.2, 0.25) is 0 Å². The fourth-order valence-electron chi connectivity index (χ4n) is 1.79. The highest BCUT2D eigenvalue weighted by molar-refractivity contribution is 6.30. The quantitative estimate of drug-likeness (QED) is 0.717. The van der Waals surface area contributed by atoms with E-state index in [1.807, 2.05) is 19.9 Å². The van der Waals surface area contributed by atoms with Crippen molar-refractivity contribution in [1.82, 2.24) is 0 Å². The highest BCUT2D eigenvalue weighted by Gasteiger charge is 2.32. The van der Waals surface area contributed by atoms with Crippen molar-refractivity contribution in [2.45, 2.75) is 32.0 Å². The van der Waals surface area contributed by atoms with Gasteiger partial charge in [-0.05, 0) is 32.0 Å². The summed E-state index contributed by atoms with van der Waals surface area (Å²) >= 11 is 5.85. The summed E-state index contributed by atoms with van der Waals surface area (Å²) in [5, 5.41) is 10.5. The van der Waals surface area contributed by atoms with Gasteiger partial charge in [-0.1, -0.05) is 11.6 Å². The molecule has 0 saturated heterocycles. The second-order valence-corrected chi connectivity index (χ2v) is 4.70. The third-order valence-electron chi connectivity index (χ3n) is 2.40. The van der Waals surface area contributed by atoms with Crippen molar-refractivity contribution in [3.63, 3.8) is 0 Å². The molecule has 1 aromatic rings. The van der Waals surface area contributed by atoms with Crippen molar-refractivity contribution >= 4 is 11.6 Å². The number of rotatable bonds is 0. The summed E-state index contributed by atoms with van der Waals surface area (Å²) < 4.78 is 5.73. The highest BCUT2D eigenvalue weighted by Crippen LogP contribution is 2.40. The van der Waals surface area contributed by atoms with Crippen LogP contribution in [0.5, 0.6) is 5.75 Å². The summed E-state index contributed by atoms with van der Waals surface area (Å²) in [4.78, 5) is 0. The van der Waals surface area contributed by atoms with Gasteiger partial charge in [-0.25, -0.2) is 0 Å². The van der Waals surface area contributed by atoms with Gasteiger partial charge < -0.3 is 9.84 Å². The van der Waals surface area contributed by atoms with Gasteiger partial charge in [0.25, 0.3) is 0 Å². The van der Waals surface area contributed by atoms with Gasteiger partial charge in [-0.15, -0.1) is 0 Å². The number of hydrogen-bond donors (Lipinski definition) is 1. The van der Waals surface area contributed by atoms with Crippen LogP contribution in [0.2, 0.25) is 5.02 Å². The normalized spacial score (nSPS) is 23.9. The fraction of sp³-hybridized carbons (Fsp3) is 0.455. The zero-order chi connectivity index (χ0) is 10.3. The molecule has 0 aliphatic carbocycles. The number of aliphatic hydroxyl groups excluding tert-OH is 1. The van der Waals surface area contributed by atoms with E-state index < -0.39 is 6.10 Å². The molecule has 2 rings (SSSR count). The molecule has 0 saturated carbocycles. The standard InChI is InChI=1S/C11H13ClO2/c1-11(2)6-9(13)8-5-7(12)3-4-10(8)14-11/h3-5,9,13H,6H2,1-2H3/t9-/m0/s1. The minimum absolute atomic E-state index is 0.305. The predicted octanol–water partition coefficient (Wildman–Crippen LogP) is 2.93. The Balaban J connectivity index is 2.45. The molecule has 0 amide bonds. The Kier molecular flexibility index (Phi) is 2.20. The largest absolute Gasteiger partial charge is 0.487 e. The lowest BCUT2D eigenvalue weighted by atomic mass is 9.92. The van der Waals surface area contributed by atoms with Crippen molar-refractivity contribution in [2.75, 3.05) is 0 Å². The van der Waals surface area contributed by atoms with Crippen LogP contribution in [0.3, 0.4) is 0 Å². The maximum atomic E-state index is 9.88. The lowest BCUT2D eigenvalue weighted by Crippen LogP contribution is -2.34. The Morgan fingerprint density at radius 3 is 2.93 bits per heavy atom. The molecule has 0 radical (unpaired) electrons. The van der Waals surface area contributed by atoms with Crippen molar-refractivity contribution in [2.24, 2.45) is 0 Å². The number of aliphatic hydroxyl groups is 1. The second kappa shape index (κ2) is 3.14. The van der Waals surface area contributed by atoms with Gasteiger partial charge in [0, 0.05) is 17.0 Å². The molecule has 0 bridgehead atoms. The lowest BCUT2D eigenvalue weighted by molar-refractivity contribution is 0.0115. The topological polar surface area (TPSA) is 29.5 Å². The average molecular weight is 213 g/mol. The number of fused-ring (bicyclic) bond motifs is 1. The van der Waals surface area contributed by atoms with E-state index in [0.717, 1.165) is 11.3 Å². The summed E-state index contributed by atoms with van der Waals surface area (Å²) in [5.74, 6) is 0.734. The molecule has 1 N–H and O–H groups in total. The van der Waals surface area contributed by atoms with Crippen LogP contribution in [0.4, 0.5) is 0 Å². The van der Waals surface area contributed by atoms with Gasteiger partial charge in [-0.2, -0.15) is 0 Å². The number of halogens is 1. The van der Waals surface area contributed by atoms with E-state index in [1.165, 1.54) is 0 Å². The lowest BCUT2D eigenvalue weighted by Gasteiger charge is -2.35. The van der Waals surface area contributed by atoms with Crippen LogP contribution in [0.15, 0.2) is 18.2 Å². The molecule has 14 heavy (non-hydrogen) atoms. The molecular formula is C11H13ClO2. The first-order valence-electron chi connectivity index (χ1n) is 4.64. The number of benzene rings is 1. The number of ether oxygens (including phenoxy) is 1. The summed E-state index contributed by atoms with van der Waals surface area (Å²) in [7, 11) is 0. The molecule has 2 nitrogen and oxygen atoms in total. The summed E-state index contributed by atoms with van der Waals surface area (Å²) in [6, 6.07) is 5.34. The van der Waals surface area contributed by atoms with E-state index >= 15 is 0 Å². The van der Waals surface area contributed by atoms with E-state index in [9.17, 15) is 5.11 Å². The van der Waals surface area contributed by atoms with Crippen LogP contribution in [-0.2, 0) is 0 Å². The molecule has 76 valence electrons. The zero-order valence-corrected chi connectivity index (χ0v) is 9.01. The third-order valence-corrected chi connectivity index (χ3v) is 2.64. The molecule has 1 aliphatic heterocycles. The molecule has 1 heterocycles. The molecular weight excluding hydrogens is 200 g/mol. The van der Waals surface area contributed by atoms with Gasteiger partial charge in [0.1, 0.15) is 11.4 Å². The first-order valence-corrected chi connectivity index (χ1v) is 5.02. The van der Waals surface area contributed by atoms with E-state index in [4.69, 9.17) is 16.3 Å². The van der Waals surface area contributed by atoms with Crippen LogP contribution in [0.25, 0.3) is 0 Å². The van der Waals surface area contributed by atoms with Gasteiger partial charge >= 0.3 is 0 Å². The Morgan fingerprint density at radius 1 is 1.50 bits per heavy atom. The van der Waals surface area contributed by atoms with E-state index in [1.54, 1.807) is 12.1 Å². The molecule has 3 heteroatoms.